The van der Waals surface area contributed by atoms with Crippen LogP contribution in [0.2, 0.25) is 0 Å². The molecule has 0 saturated heterocycles. The number of anilines is 2. The summed E-state index contributed by atoms with van der Waals surface area (Å²) in [6, 6.07) is 15.0. The van der Waals surface area contributed by atoms with E-state index in [-0.39, 0.29) is 5.56 Å². The highest BCUT2D eigenvalue weighted by Crippen LogP contribution is 2.21. The van der Waals surface area contributed by atoms with Crippen LogP contribution in [0.15, 0.2) is 48.5 Å². The van der Waals surface area contributed by atoms with Crippen LogP contribution in [0, 0.1) is 0 Å². The summed E-state index contributed by atoms with van der Waals surface area (Å²) in [7, 11) is 0. The Morgan fingerprint density at radius 3 is 2.42 bits per heavy atom. The number of aryl methyl sites for hydroxylation is 1. The molecule has 0 atom stereocenters. The first-order valence-electron chi connectivity index (χ1n) is 6.39. The third-order valence-corrected chi connectivity index (χ3v) is 2.93. The molecule has 0 amide bonds. The van der Waals surface area contributed by atoms with Crippen molar-refractivity contribution in [3.8, 4) is 0 Å². The number of hydrogen-bond donors (Lipinski definition) is 2. The molecule has 0 heterocycles. The number of nitrogens with one attached hydrogen (secondary N) is 1. The lowest BCUT2D eigenvalue weighted by atomic mass is 10.1. The predicted molar refractivity (Wildman–Crippen MR) is 77.1 cm³/mol. The fourth-order valence-corrected chi connectivity index (χ4v) is 1.98. The molecule has 0 aliphatic carbocycles. The number of carboxylic acid groups (broad SMARTS) is 1. The summed E-state index contributed by atoms with van der Waals surface area (Å²) in [5, 5.41) is 12.3. The van der Waals surface area contributed by atoms with Crippen molar-refractivity contribution >= 4 is 17.3 Å². The van der Waals surface area contributed by atoms with E-state index >= 15 is 0 Å². The molecule has 0 aliphatic rings. The Labute approximate surface area is 112 Å². The van der Waals surface area contributed by atoms with E-state index < -0.39 is 5.97 Å². The minimum absolute atomic E-state index is 0.278. The first kappa shape index (κ1) is 13.1. The van der Waals surface area contributed by atoms with Crippen LogP contribution in [-0.2, 0) is 6.42 Å². The third-order valence-electron chi connectivity index (χ3n) is 2.93. The SMILES string of the molecule is CCCc1ccc(Nc2ccccc2C(=O)O)cc1. The second-order valence-corrected chi connectivity index (χ2v) is 4.42. The van der Waals surface area contributed by atoms with Gasteiger partial charge in [0.25, 0.3) is 0 Å². The standard InChI is InChI=1S/C16H17NO2/c1-2-5-12-8-10-13(11-9-12)17-15-7-4-3-6-14(15)16(18)19/h3-4,6-11,17H,2,5H2,1H3,(H,18,19). The van der Waals surface area contributed by atoms with Crippen molar-refractivity contribution < 1.29 is 9.90 Å². The Balaban J connectivity index is 2.19. The Kier molecular flexibility index (Phi) is 4.18. The molecule has 0 saturated carbocycles. The quantitative estimate of drug-likeness (QED) is 0.846. The minimum Gasteiger partial charge on any atom is -0.478 e. The largest absolute Gasteiger partial charge is 0.478 e. The van der Waals surface area contributed by atoms with Crippen LogP contribution in [0.5, 0.6) is 0 Å². The summed E-state index contributed by atoms with van der Waals surface area (Å²) >= 11 is 0. The van der Waals surface area contributed by atoms with E-state index in [4.69, 9.17) is 5.11 Å². The van der Waals surface area contributed by atoms with Gasteiger partial charge in [-0.05, 0) is 36.2 Å². The molecule has 3 heteroatoms. The van der Waals surface area contributed by atoms with Gasteiger partial charge in [0.1, 0.15) is 0 Å². The second-order valence-electron chi connectivity index (χ2n) is 4.42. The summed E-state index contributed by atoms with van der Waals surface area (Å²) in [5.41, 5.74) is 3.08. The van der Waals surface area contributed by atoms with E-state index in [1.807, 2.05) is 18.2 Å². The number of hydrogen-bond acceptors (Lipinski definition) is 2. The van der Waals surface area contributed by atoms with E-state index in [0.717, 1.165) is 18.5 Å². The van der Waals surface area contributed by atoms with Crippen LogP contribution in [-0.4, -0.2) is 11.1 Å². The van der Waals surface area contributed by atoms with Crippen LogP contribution >= 0.6 is 0 Å². The van der Waals surface area contributed by atoms with E-state index in [0.29, 0.717) is 5.69 Å². The predicted octanol–water partition coefficient (Wildman–Crippen LogP) is 4.08. The van der Waals surface area contributed by atoms with Crippen molar-refractivity contribution in [2.24, 2.45) is 0 Å². The van der Waals surface area contributed by atoms with E-state index in [2.05, 4.69) is 24.4 Å². The molecule has 2 aromatic rings. The van der Waals surface area contributed by atoms with E-state index in [1.165, 1.54) is 5.56 Å². The van der Waals surface area contributed by atoms with Crippen molar-refractivity contribution in [2.45, 2.75) is 19.8 Å². The summed E-state index contributed by atoms with van der Waals surface area (Å²) in [4.78, 5) is 11.1. The highest BCUT2D eigenvalue weighted by atomic mass is 16.4. The Morgan fingerprint density at radius 1 is 1.11 bits per heavy atom. The van der Waals surface area contributed by atoms with Crippen molar-refractivity contribution in [1.29, 1.82) is 0 Å². The molecule has 98 valence electrons. The molecule has 0 spiro atoms. The van der Waals surface area contributed by atoms with Gasteiger partial charge in [-0.15, -0.1) is 0 Å². The van der Waals surface area contributed by atoms with Gasteiger partial charge in [-0.2, -0.15) is 0 Å². The average Bonchev–Trinajstić information content (AvgIpc) is 2.42. The highest BCUT2D eigenvalue weighted by Gasteiger charge is 2.08. The van der Waals surface area contributed by atoms with Gasteiger partial charge in [-0.1, -0.05) is 37.6 Å². The molecule has 0 aliphatic heterocycles. The maximum absolute atomic E-state index is 11.1. The monoisotopic (exact) mass is 255 g/mol. The highest BCUT2D eigenvalue weighted by molar-refractivity contribution is 5.95. The van der Waals surface area contributed by atoms with Crippen LogP contribution < -0.4 is 5.32 Å². The molecule has 2 rings (SSSR count). The second kappa shape index (κ2) is 6.05. The Morgan fingerprint density at radius 2 is 1.79 bits per heavy atom. The van der Waals surface area contributed by atoms with Gasteiger partial charge < -0.3 is 10.4 Å². The number of rotatable bonds is 5. The van der Waals surface area contributed by atoms with Crippen LogP contribution in [0.25, 0.3) is 0 Å². The molecule has 0 aromatic heterocycles. The maximum Gasteiger partial charge on any atom is 0.337 e. The van der Waals surface area contributed by atoms with Crippen molar-refractivity contribution in [2.75, 3.05) is 5.32 Å². The van der Waals surface area contributed by atoms with E-state index in [9.17, 15) is 4.79 Å². The summed E-state index contributed by atoms with van der Waals surface area (Å²) < 4.78 is 0. The summed E-state index contributed by atoms with van der Waals surface area (Å²) in [6.45, 7) is 2.15. The van der Waals surface area contributed by atoms with Gasteiger partial charge >= 0.3 is 5.97 Å². The average molecular weight is 255 g/mol. The molecule has 0 bridgehead atoms. The zero-order valence-corrected chi connectivity index (χ0v) is 10.9. The smallest absolute Gasteiger partial charge is 0.337 e. The zero-order chi connectivity index (χ0) is 13.7. The van der Waals surface area contributed by atoms with E-state index in [1.54, 1.807) is 18.2 Å². The molecule has 3 nitrogen and oxygen atoms in total. The topological polar surface area (TPSA) is 49.3 Å². The number of carbonyl (C=O) groups is 1. The minimum atomic E-state index is -0.925. The molecule has 2 N–H and O–H groups in total. The lowest BCUT2D eigenvalue weighted by Crippen LogP contribution is -2.02. The summed E-state index contributed by atoms with van der Waals surface area (Å²) in [5.74, 6) is -0.925. The number of para-hydroxylation sites is 1. The molecule has 0 fully saturated rings. The van der Waals surface area contributed by atoms with Crippen molar-refractivity contribution in [3.05, 3.63) is 59.7 Å². The normalized spacial score (nSPS) is 10.2. The molecule has 0 unspecified atom stereocenters. The number of aromatic carboxylic acids is 1. The van der Waals surface area contributed by atoms with Crippen molar-refractivity contribution in [1.82, 2.24) is 0 Å². The molecule has 0 radical (unpaired) electrons. The Hall–Kier alpha value is -2.29. The number of carboxylic acids is 1. The zero-order valence-electron chi connectivity index (χ0n) is 10.9. The lowest BCUT2D eigenvalue weighted by molar-refractivity contribution is 0.0698. The maximum atomic E-state index is 11.1. The lowest BCUT2D eigenvalue weighted by Gasteiger charge is -2.10. The molecule has 2 aromatic carbocycles. The van der Waals surface area contributed by atoms with Gasteiger partial charge in [0.15, 0.2) is 0 Å². The Bertz CT molecular complexity index is 561. The van der Waals surface area contributed by atoms with Gasteiger partial charge in [0, 0.05) is 5.69 Å². The van der Waals surface area contributed by atoms with Gasteiger partial charge in [-0.25, -0.2) is 4.79 Å². The molecule has 19 heavy (non-hydrogen) atoms. The fourth-order valence-electron chi connectivity index (χ4n) is 1.98. The van der Waals surface area contributed by atoms with Crippen molar-refractivity contribution in [3.63, 3.8) is 0 Å². The van der Waals surface area contributed by atoms with Crippen LogP contribution in [0.4, 0.5) is 11.4 Å². The van der Waals surface area contributed by atoms with Crippen LogP contribution in [0.3, 0.4) is 0 Å². The van der Waals surface area contributed by atoms with Gasteiger partial charge in [0.2, 0.25) is 0 Å². The number of benzene rings is 2. The van der Waals surface area contributed by atoms with Gasteiger partial charge in [0.05, 0.1) is 11.3 Å². The molecular weight excluding hydrogens is 238 g/mol. The summed E-state index contributed by atoms with van der Waals surface area (Å²) in [6.07, 6.45) is 2.18. The third kappa shape index (κ3) is 3.35. The first-order valence-corrected chi connectivity index (χ1v) is 6.39. The fraction of sp³-hybridized carbons (Fsp3) is 0.188. The first-order chi connectivity index (χ1) is 9.20. The van der Waals surface area contributed by atoms with Gasteiger partial charge in [-0.3, -0.25) is 0 Å². The van der Waals surface area contributed by atoms with Crippen LogP contribution in [0.1, 0.15) is 29.3 Å². The molecular formula is C16H17NO2.